The first-order valence-corrected chi connectivity index (χ1v) is 12.9. The Bertz CT molecular complexity index is 316. The molecule has 0 saturated carbocycles. The van der Waals surface area contributed by atoms with Crippen molar-refractivity contribution in [3.05, 3.63) is 0 Å². The third-order valence-electron chi connectivity index (χ3n) is 5.84. The van der Waals surface area contributed by atoms with Crippen LogP contribution in [-0.2, 0) is 0 Å². The Morgan fingerprint density at radius 1 is 0.483 bits per heavy atom. The summed E-state index contributed by atoms with van der Waals surface area (Å²) in [7, 11) is 0. The molecule has 0 aromatic rings. The predicted octanol–water partition coefficient (Wildman–Crippen LogP) is 6.85. The molecular formula is C25H54N2O2. The molecule has 0 aromatic carbocycles. The van der Waals surface area contributed by atoms with E-state index in [0.717, 1.165) is 25.9 Å². The van der Waals surface area contributed by atoms with Crippen LogP contribution in [-0.4, -0.2) is 45.8 Å². The molecule has 0 bridgehead atoms. The zero-order valence-electron chi connectivity index (χ0n) is 20.4. The lowest BCUT2D eigenvalue weighted by atomic mass is 10.0. The molecule has 0 heterocycles. The van der Waals surface area contributed by atoms with E-state index in [0.29, 0.717) is 0 Å². The zero-order chi connectivity index (χ0) is 21.7. The molecule has 4 nitrogen and oxygen atoms in total. The van der Waals surface area contributed by atoms with Gasteiger partial charge < -0.3 is 10.2 Å². The molecule has 0 spiro atoms. The summed E-state index contributed by atoms with van der Waals surface area (Å²) in [6.07, 6.45) is 21.8. The number of hydrogen-bond donors (Lipinski definition) is 2. The first-order valence-electron chi connectivity index (χ1n) is 12.9. The highest BCUT2D eigenvalue weighted by molar-refractivity contribution is 4.61. The maximum Gasteiger partial charge on any atom is 0.120 e. The van der Waals surface area contributed by atoms with E-state index in [1.165, 1.54) is 96.3 Å². The van der Waals surface area contributed by atoms with Gasteiger partial charge in [-0.15, -0.1) is 0 Å². The van der Waals surface area contributed by atoms with Crippen LogP contribution < -0.4 is 0 Å². The largest absolute Gasteiger partial charge is 0.377 e. The van der Waals surface area contributed by atoms with Crippen LogP contribution in [0.1, 0.15) is 137 Å². The molecule has 0 saturated heterocycles. The van der Waals surface area contributed by atoms with Gasteiger partial charge in [0.2, 0.25) is 0 Å². The van der Waals surface area contributed by atoms with E-state index >= 15 is 0 Å². The van der Waals surface area contributed by atoms with Gasteiger partial charge in [0.05, 0.1) is 0 Å². The van der Waals surface area contributed by atoms with E-state index in [2.05, 4.69) is 18.9 Å². The summed E-state index contributed by atoms with van der Waals surface area (Å²) >= 11 is 0. The van der Waals surface area contributed by atoms with Crippen LogP contribution in [0, 0.1) is 0 Å². The minimum Gasteiger partial charge on any atom is -0.377 e. The molecule has 2 N–H and O–H groups in total. The highest BCUT2D eigenvalue weighted by Crippen LogP contribution is 2.15. The summed E-state index contributed by atoms with van der Waals surface area (Å²) in [5.74, 6) is 0. The molecule has 0 aliphatic heterocycles. The molecule has 176 valence electrons. The normalized spacial score (nSPS) is 14.1. The topological polar surface area (TPSA) is 46.9 Å². The molecule has 0 aliphatic carbocycles. The fraction of sp³-hybridized carbons (Fsp3) is 1.00. The van der Waals surface area contributed by atoms with Crippen molar-refractivity contribution in [2.75, 3.05) is 13.1 Å². The summed E-state index contributed by atoms with van der Waals surface area (Å²) in [5, 5.41) is 23.7. The van der Waals surface area contributed by atoms with Gasteiger partial charge >= 0.3 is 0 Å². The average Bonchev–Trinajstić information content (AvgIpc) is 2.67. The van der Waals surface area contributed by atoms with Gasteiger partial charge in [0.25, 0.3) is 0 Å². The van der Waals surface area contributed by atoms with E-state index in [1.807, 2.05) is 0 Å². The van der Waals surface area contributed by atoms with Crippen molar-refractivity contribution in [2.24, 2.45) is 0 Å². The van der Waals surface area contributed by atoms with Crippen molar-refractivity contribution in [3.8, 4) is 0 Å². The highest BCUT2D eigenvalue weighted by atomic mass is 16.3. The van der Waals surface area contributed by atoms with Crippen LogP contribution in [0.5, 0.6) is 0 Å². The summed E-state index contributed by atoms with van der Waals surface area (Å²) < 4.78 is 0. The molecule has 4 heteroatoms. The molecular weight excluding hydrogens is 360 g/mol. The van der Waals surface area contributed by atoms with Gasteiger partial charge in [-0.2, -0.15) is 5.01 Å². The standard InChI is InChI=1S/C25H54N2O2/c1-5-7-8-9-10-11-12-13-14-15-16-17-18-19-20-21-23-26(22-6-2)27(24(3)28)25(4)29/h24-25,28-29H,5-23H2,1-4H3. The van der Waals surface area contributed by atoms with Gasteiger partial charge in [0.1, 0.15) is 12.5 Å². The maximum atomic E-state index is 9.94. The second-order valence-corrected chi connectivity index (χ2v) is 8.90. The fourth-order valence-corrected chi connectivity index (χ4v) is 4.23. The number of rotatable bonds is 22. The minimum atomic E-state index is -0.650. The van der Waals surface area contributed by atoms with Gasteiger partial charge in [-0.3, -0.25) is 0 Å². The molecule has 0 rings (SSSR count). The number of unbranched alkanes of at least 4 members (excludes halogenated alkanes) is 15. The molecule has 0 aliphatic rings. The Kier molecular flexibility index (Phi) is 21.0. The second-order valence-electron chi connectivity index (χ2n) is 8.90. The molecule has 0 amide bonds. The van der Waals surface area contributed by atoms with Crippen molar-refractivity contribution in [3.63, 3.8) is 0 Å². The van der Waals surface area contributed by atoms with Crippen LogP contribution in [0.15, 0.2) is 0 Å². The van der Waals surface area contributed by atoms with Crippen molar-refractivity contribution in [1.82, 2.24) is 10.0 Å². The van der Waals surface area contributed by atoms with E-state index < -0.39 is 12.5 Å². The quantitative estimate of drug-likeness (QED) is 0.115. The lowest BCUT2D eigenvalue weighted by Crippen LogP contribution is -2.53. The predicted molar refractivity (Wildman–Crippen MR) is 127 cm³/mol. The number of hydrazine groups is 1. The van der Waals surface area contributed by atoms with Crippen LogP contribution >= 0.6 is 0 Å². The van der Waals surface area contributed by atoms with E-state index in [9.17, 15) is 10.2 Å². The maximum absolute atomic E-state index is 9.94. The van der Waals surface area contributed by atoms with Crippen LogP contribution in [0.25, 0.3) is 0 Å². The Hall–Kier alpha value is -0.160. The number of hydrogen-bond acceptors (Lipinski definition) is 4. The summed E-state index contributed by atoms with van der Waals surface area (Å²) in [4.78, 5) is 0. The van der Waals surface area contributed by atoms with Gasteiger partial charge in [0, 0.05) is 13.1 Å². The smallest absolute Gasteiger partial charge is 0.120 e. The molecule has 0 aromatic heterocycles. The number of aliphatic hydroxyl groups excluding tert-OH is 2. The van der Waals surface area contributed by atoms with E-state index in [1.54, 1.807) is 18.9 Å². The Morgan fingerprint density at radius 2 is 0.828 bits per heavy atom. The lowest BCUT2D eigenvalue weighted by Gasteiger charge is -2.38. The molecule has 0 fully saturated rings. The third-order valence-corrected chi connectivity index (χ3v) is 5.84. The first kappa shape index (κ1) is 28.8. The van der Waals surface area contributed by atoms with Crippen molar-refractivity contribution in [2.45, 2.75) is 149 Å². The minimum absolute atomic E-state index is 0.650. The Morgan fingerprint density at radius 3 is 1.14 bits per heavy atom. The molecule has 29 heavy (non-hydrogen) atoms. The molecule has 2 atom stereocenters. The van der Waals surface area contributed by atoms with E-state index in [4.69, 9.17) is 0 Å². The van der Waals surface area contributed by atoms with Gasteiger partial charge in [0.15, 0.2) is 0 Å². The summed E-state index contributed by atoms with van der Waals surface area (Å²) in [6, 6.07) is 0. The number of nitrogens with zero attached hydrogens (tertiary/aromatic N) is 2. The highest BCUT2D eigenvalue weighted by Gasteiger charge is 2.22. The van der Waals surface area contributed by atoms with Crippen LogP contribution in [0.4, 0.5) is 0 Å². The van der Waals surface area contributed by atoms with Gasteiger partial charge in [-0.05, 0) is 26.7 Å². The Balaban J connectivity index is 3.53. The fourth-order valence-electron chi connectivity index (χ4n) is 4.23. The first-order chi connectivity index (χ1) is 14.0. The van der Waals surface area contributed by atoms with Crippen LogP contribution in [0.3, 0.4) is 0 Å². The van der Waals surface area contributed by atoms with E-state index in [-0.39, 0.29) is 0 Å². The summed E-state index contributed by atoms with van der Waals surface area (Å²) in [5.41, 5.74) is 0. The number of aliphatic hydroxyl groups is 2. The average molecular weight is 415 g/mol. The SMILES string of the molecule is CCCCCCCCCCCCCCCCCCN(CCC)N(C(C)O)C(C)O. The molecule has 0 radical (unpaired) electrons. The zero-order valence-corrected chi connectivity index (χ0v) is 20.4. The van der Waals surface area contributed by atoms with Gasteiger partial charge in [-0.1, -0.05) is 110 Å². The van der Waals surface area contributed by atoms with Crippen molar-refractivity contribution >= 4 is 0 Å². The lowest BCUT2D eigenvalue weighted by molar-refractivity contribution is -0.206. The third kappa shape index (κ3) is 17.2. The van der Waals surface area contributed by atoms with Crippen molar-refractivity contribution < 1.29 is 10.2 Å². The Labute approximate surface area is 183 Å². The molecule has 2 unspecified atom stereocenters. The second kappa shape index (κ2) is 21.1. The van der Waals surface area contributed by atoms with Crippen LogP contribution in [0.2, 0.25) is 0 Å². The monoisotopic (exact) mass is 414 g/mol. The van der Waals surface area contributed by atoms with Gasteiger partial charge in [-0.25, -0.2) is 5.01 Å². The summed E-state index contributed by atoms with van der Waals surface area (Å²) in [6.45, 7) is 9.68. The van der Waals surface area contributed by atoms with Crippen molar-refractivity contribution in [1.29, 1.82) is 0 Å².